The van der Waals surface area contributed by atoms with Gasteiger partial charge in [-0.15, -0.1) is 0 Å². The summed E-state index contributed by atoms with van der Waals surface area (Å²) < 4.78 is 0. The van der Waals surface area contributed by atoms with Crippen LogP contribution < -0.4 is 5.32 Å². The van der Waals surface area contributed by atoms with Crippen molar-refractivity contribution in [1.29, 1.82) is 0 Å². The molecule has 1 amide bonds. The van der Waals surface area contributed by atoms with Crippen molar-refractivity contribution >= 4 is 28.8 Å². The van der Waals surface area contributed by atoms with E-state index in [1.807, 2.05) is 13.0 Å². The summed E-state index contributed by atoms with van der Waals surface area (Å²) in [6.07, 6.45) is 1.79. The Bertz CT molecular complexity index is 409. The molecule has 0 radical (unpaired) electrons. The predicted octanol–water partition coefficient (Wildman–Crippen LogP) is 2.70. The zero-order valence-corrected chi connectivity index (χ0v) is 7.85. The van der Waals surface area contributed by atoms with E-state index >= 15 is 0 Å². The lowest BCUT2D eigenvalue weighted by Crippen LogP contribution is -2.03. The molecule has 1 aromatic rings. The van der Waals surface area contributed by atoms with Crippen molar-refractivity contribution in [3.8, 4) is 0 Å². The smallest absolute Gasteiger partial charge is 0.256 e. The molecule has 0 saturated heterocycles. The molecule has 2 rings (SSSR count). The Morgan fingerprint density at radius 3 is 2.92 bits per heavy atom. The van der Waals surface area contributed by atoms with Crippen LogP contribution in [0.25, 0.3) is 5.57 Å². The van der Waals surface area contributed by atoms with Crippen molar-refractivity contribution in [2.24, 2.45) is 0 Å². The number of allylic oxidation sites excluding steroid dienone is 1. The molecule has 1 aliphatic heterocycles. The minimum atomic E-state index is -0.0558. The van der Waals surface area contributed by atoms with Gasteiger partial charge in [0, 0.05) is 21.8 Å². The Kier molecular flexibility index (Phi) is 1.85. The van der Waals surface area contributed by atoms with Gasteiger partial charge in [-0.1, -0.05) is 17.7 Å². The average Bonchev–Trinajstić information content (AvgIpc) is 2.40. The van der Waals surface area contributed by atoms with Crippen LogP contribution in [0.15, 0.2) is 24.3 Å². The fourth-order valence-electron chi connectivity index (χ4n) is 1.45. The summed E-state index contributed by atoms with van der Waals surface area (Å²) in [6.45, 7) is 1.84. The average molecular weight is 194 g/mol. The Morgan fingerprint density at radius 2 is 2.23 bits per heavy atom. The van der Waals surface area contributed by atoms with Gasteiger partial charge in [0.15, 0.2) is 0 Å². The molecule has 1 N–H and O–H groups in total. The topological polar surface area (TPSA) is 29.1 Å². The third-order valence-electron chi connectivity index (χ3n) is 2.05. The quantitative estimate of drug-likeness (QED) is 0.631. The van der Waals surface area contributed by atoms with Crippen LogP contribution in [0.3, 0.4) is 0 Å². The molecule has 0 atom stereocenters. The predicted molar refractivity (Wildman–Crippen MR) is 53.7 cm³/mol. The Morgan fingerprint density at radius 1 is 1.46 bits per heavy atom. The molecule has 0 unspecified atom stereocenters. The normalized spacial score (nSPS) is 17.4. The second-order valence-corrected chi connectivity index (χ2v) is 3.28. The summed E-state index contributed by atoms with van der Waals surface area (Å²) in [5, 5.41) is 3.41. The maximum absolute atomic E-state index is 11.4. The van der Waals surface area contributed by atoms with Gasteiger partial charge in [0.1, 0.15) is 0 Å². The SMILES string of the molecule is C/C=C1/C(=O)Nc2ccc(Cl)cc21. The van der Waals surface area contributed by atoms with E-state index < -0.39 is 0 Å². The van der Waals surface area contributed by atoms with Crippen LogP contribution in [0, 0.1) is 0 Å². The first kappa shape index (κ1) is 8.32. The van der Waals surface area contributed by atoms with Gasteiger partial charge in [-0.25, -0.2) is 0 Å². The van der Waals surface area contributed by atoms with Gasteiger partial charge < -0.3 is 5.32 Å². The fourth-order valence-corrected chi connectivity index (χ4v) is 1.62. The van der Waals surface area contributed by atoms with Gasteiger partial charge >= 0.3 is 0 Å². The number of carbonyl (C=O) groups is 1. The molecule has 2 nitrogen and oxygen atoms in total. The number of benzene rings is 1. The third kappa shape index (κ3) is 1.23. The van der Waals surface area contributed by atoms with Crippen LogP contribution in [-0.4, -0.2) is 5.91 Å². The van der Waals surface area contributed by atoms with E-state index in [-0.39, 0.29) is 5.91 Å². The Labute approximate surface area is 81.2 Å². The van der Waals surface area contributed by atoms with Crippen LogP contribution in [-0.2, 0) is 4.79 Å². The van der Waals surface area contributed by atoms with Crippen molar-refractivity contribution in [2.75, 3.05) is 5.32 Å². The maximum Gasteiger partial charge on any atom is 0.256 e. The molecule has 0 aliphatic carbocycles. The Hall–Kier alpha value is -1.28. The van der Waals surface area contributed by atoms with Crippen LogP contribution in [0.5, 0.6) is 0 Å². The highest BCUT2D eigenvalue weighted by molar-refractivity contribution is 6.34. The number of halogens is 1. The van der Waals surface area contributed by atoms with E-state index in [1.54, 1.807) is 18.2 Å². The molecular formula is C10H8ClNO. The van der Waals surface area contributed by atoms with Crippen molar-refractivity contribution in [2.45, 2.75) is 6.92 Å². The lowest BCUT2D eigenvalue weighted by atomic mass is 10.1. The van der Waals surface area contributed by atoms with Crippen LogP contribution in [0.2, 0.25) is 5.02 Å². The maximum atomic E-state index is 11.4. The second kappa shape index (κ2) is 2.89. The van der Waals surface area contributed by atoms with Crippen LogP contribution in [0.1, 0.15) is 12.5 Å². The molecule has 0 spiro atoms. The van der Waals surface area contributed by atoms with Gasteiger partial charge in [-0.05, 0) is 25.1 Å². The lowest BCUT2D eigenvalue weighted by molar-refractivity contribution is -0.110. The van der Waals surface area contributed by atoms with Gasteiger partial charge in [-0.2, -0.15) is 0 Å². The number of carbonyl (C=O) groups excluding carboxylic acids is 1. The second-order valence-electron chi connectivity index (χ2n) is 2.85. The van der Waals surface area contributed by atoms with Gasteiger partial charge in [0.2, 0.25) is 0 Å². The van der Waals surface area contributed by atoms with Crippen molar-refractivity contribution < 1.29 is 4.79 Å². The summed E-state index contributed by atoms with van der Waals surface area (Å²) in [6, 6.07) is 5.37. The summed E-state index contributed by atoms with van der Waals surface area (Å²) in [4.78, 5) is 11.4. The molecule has 1 aromatic carbocycles. The van der Waals surface area contributed by atoms with Crippen LogP contribution >= 0.6 is 11.6 Å². The molecule has 0 aromatic heterocycles. The highest BCUT2D eigenvalue weighted by Crippen LogP contribution is 2.33. The molecule has 0 bridgehead atoms. The standard InChI is InChI=1S/C10H8ClNO/c1-2-7-8-5-6(11)3-4-9(8)12-10(7)13/h2-5H,1H3,(H,12,13)/b7-2+. The number of hydrogen-bond acceptors (Lipinski definition) is 1. The third-order valence-corrected chi connectivity index (χ3v) is 2.29. The molecule has 1 aliphatic rings. The number of fused-ring (bicyclic) bond motifs is 1. The summed E-state index contributed by atoms with van der Waals surface area (Å²) in [5.41, 5.74) is 2.42. The van der Waals surface area contributed by atoms with E-state index in [2.05, 4.69) is 5.32 Å². The highest BCUT2D eigenvalue weighted by atomic mass is 35.5. The molecule has 3 heteroatoms. The van der Waals surface area contributed by atoms with E-state index in [0.717, 1.165) is 11.3 Å². The van der Waals surface area contributed by atoms with Crippen LogP contribution in [0.4, 0.5) is 5.69 Å². The molecule has 13 heavy (non-hydrogen) atoms. The first-order chi connectivity index (χ1) is 6.22. The van der Waals surface area contributed by atoms with E-state index in [4.69, 9.17) is 11.6 Å². The van der Waals surface area contributed by atoms with E-state index in [0.29, 0.717) is 10.6 Å². The van der Waals surface area contributed by atoms with Gasteiger partial charge in [0.25, 0.3) is 5.91 Å². The van der Waals surface area contributed by atoms with E-state index in [9.17, 15) is 4.79 Å². The molecule has 0 saturated carbocycles. The van der Waals surface area contributed by atoms with Crippen molar-refractivity contribution in [3.05, 3.63) is 34.9 Å². The van der Waals surface area contributed by atoms with Gasteiger partial charge in [-0.3, -0.25) is 4.79 Å². The first-order valence-electron chi connectivity index (χ1n) is 4.00. The molecule has 1 heterocycles. The molecule has 66 valence electrons. The highest BCUT2D eigenvalue weighted by Gasteiger charge is 2.22. The van der Waals surface area contributed by atoms with E-state index in [1.165, 1.54) is 0 Å². The monoisotopic (exact) mass is 193 g/mol. The largest absolute Gasteiger partial charge is 0.321 e. The minimum absolute atomic E-state index is 0.0558. The molecular weight excluding hydrogens is 186 g/mol. The summed E-state index contributed by atoms with van der Waals surface area (Å²) in [5.74, 6) is -0.0558. The number of nitrogens with one attached hydrogen (secondary N) is 1. The molecule has 0 fully saturated rings. The zero-order valence-electron chi connectivity index (χ0n) is 7.10. The van der Waals surface area contributed by atoms with Gasteiger partial charge in [0.05, 0.1) is 0 Å². The Balaban J connectivity index is 2.63. The number of rotatable bonds is 0. The van der Waals surface area contributed by atoms with Crippen molar-refractivity contribution in [3.63, 3.8) is 0 Å². The van der Waals surface area contributed by atoms with Crippen molar-refractivity contribution in [1.82, 2.24) is 0 Å². The number of hydrogen-bond donors (Lipinski definition) is 1. The minimum Gasteiger partial charge on any atom is -0.321 e. The number of anilines is 1. The summed E-state index contributed by atoms with van der Waals surface area (Å²) >= 11 is 5.83. The summed E-state index contributed by atoms with van der Waals surface area (Å²) in [7, 11) is 0. The first-order valence-corrected chi connectivity index (χ1v) is 4.38. The lowest BCUT2D eigenvalue weighted by Gasteiger charge is -1.97. The number of amides is 1. The fraction of sp³-hybridized carbons (Fsp3) is 0.100. The zero-order chi connectivity index (χ0) is 9.42.